The van der Waals surface area contributed by atoms with Crippen LogP contribution in [0.25, 0.3) is 10.6 Å². The third-order valence-corrected chi connectivity index (χ3v) is 4.97. The summed E-state index contributed by atoms with van der Waals surface area (Å²) in [7, 11) is 3.82. The van der Waals surface area contributed by atoms with Crippen LogP contribution in [0.4, 0.5) is 17.3 Å². The molecule has 2 heterocycles. The number of rotatable bonds is 6. The topological polar surface area (TPSA) is 53.5 Å². The molecular formula is C22H30BrN5O. The predicted octanol–water partition coefficient (Wildman–Crippen LogP) is 5.02. The van der Waals surface area contributed by atoms with Crippen molar-refractivity contribution >= 4 is 43.8 Å². The number of methoxy groups -OCH3 is 1. The summed E-state index contributed by atoms with van der Waals surface area (Å²) < 4.78 is 6.28. The van der Waals surface area contributed by atoms with Gasteiger partial charge in [-0.3, -0.25) is 0 Å². The van der Waals surface area contributed by atoms with Crippen molar-refractivity contribution in [1.82, 2.24) is 14.9 Å². The van der Waals surface area contributed by atoms with Crippen LogP contribution in [0.3, 0.4) is 0 Å². The van der Waals surface area contributed by atoms with Gasteiger partial charge in [-0.05, 0) is 35.1 Å². The number of likely N-dealkylation sites (N-methyl/N-ethyl adjacent to an activating group) is 1. The van der Waals surface area contributed by atoms with Crippen molar-refractivity contribution in [1.29, 1.82) is 0 Å². The molecule has 0 unspecified atom stereocenters. The second-order valence-electron chi connectivity index (χ2n) is 6.41. The standard InChI is InChI=1S/C20H24BrN5O.C2H6/c1-5-15-13-22-20(24-19(15)14(2)21)23-17-7-6-16(12-18(17)27-4)26-10-8-25(3)9-11-26;1-2/h5-7,12-13H,1-2,8-11H2,3-4H3,(H,22,23,24);1-2H3. The normalized spacial score (nSPS) is 13.9. The lowest BCUT2D eigenvalue weighted by atomic mass is 10.2. The van der Waals surface area contributed by atoms with Crippen molar-refractivity contribution in [3.8, 4) is 5.75 Å². The van der Waals surface area contributed by atoms with Gasteiger partial charge in [-0.2, -0.15) is 0 Å². The Morgan fingerprint density at radius 1 is 1.24 bits per heavy atom. The lowest BCUT2D eigenvalue weighted by Gasteiger charge is -2.34. The highest BCUT2D eigenvalue weighted by Crippen LogP contribution is 2.32. The molecule has 1 aliphatic rings. The molecule has 1 aliphatic heterocycles. The third-order valence-electron chi connectivity index (χ3n) is 4.59. The van der Waals surface area contributed by atoms with E-state index in [0.29, 0.717) is 16.1 Å². The Morgan fingerprint density at radius 2 is 1.93 bits per heavy atom. The van der Waals surface area contributed by atoms with Gasteiger partial charge in [0.1, 0.15) is 5.75 Å². The number of anilines is 3. The van der Waals surface area contributed by atoms with Gasteiger partial charge in [0.05, 0.1) is 18.5 Å². The van der Waals surface area contributed by atoms with Gasteiger partial charge in [-0.1, -0.05) is 33.1 Å². The van der Waals surface area contributed by atoms with Crippen LogP contribution in [0.1, 0.15) is 25.1 Å². The number of nitrogens with one attached hydrogen (secondary N) is 1. The Morgan fingerprint density at radius 3 is 2.52 bits per heavy atom. The lowest BCUT2D eigenvalue weighted by molar-refractivity contribution is 0.312. The van der Waals surface area contributed by atoms with Gasteiger partial charge in [0.25, 0.3) is 0 Å². The zero-order chi connectivity index (χ0) is 21.4. The average molecular weight is 460 g/mol. The average Bonchev–Trinajstić information content (AvgIpc) is 2.76. The van der Waals surface area contributed by atoms with E-state index in [-0.39, 0.29) is 0 Å². The van der Waals surface area contributed by atoms with Gasteiger partial charge in [0, 0.05) is 54.2 Å². The van der Waals surface area contributed by atoms with Gasteiger partial charge < -0.3 is 19.9 Å². The van der Waals surface area contributed by atoms with E-state index in [1.807, 2.05) is 19.9 Å². The zero-order valence-corrected chi connectivity index (χ0v) is 19.3. The van der Waals surface area contributed by atoms with Crippen molar-refractivity contribution < 1.29 is 4.74 Å². The van der Waals surface area contributed by atoms with E-state index in [0.717, 1.165) is 48.9 Å². The fourth-order valence-electron chi connectivity index (χ4n) is 2.98. The summed E-state index contributed by atoms with van der Waals surface area (Å²) >= 11 is 3.39. The molecule has 1 N–H and O–H groups in total. The van der Waals surface area contributed by atoms with E-state index in [9.17, 15) is 0 Å². The zero-order valence-electron chi connectivity index (χ0n) is 17.7. The molecule has 0 spiro atoms. The summed E-state index contributed by atoms with van der Waals surface area (Å²) in [6, 6.07) is 6.15. The van der Waals surface area contributed by atoms with Gasteiger partial charge in [0.2, 0.25) is 5.95 Å². The summed E-state index contributed by atoms with van der Waals surface area (Å²) in [4.78, 5) is 13.6. The lowest BCUT2D eigenvalue weighted by Crippen LogP contribution is -2.44. The van der Waals surface area contributed by atoms with Crippen molar-refractivity contribution in [3.63, 3.8) is 0 Å². The summed E-state index contributed by atoms with van der Waals surface area (Å²) in [5.41, 5.74) is 3.49. The molecule has 0 bridgehead atoms. The van der Waals surface area contributed by atoms with E-state index < -0.39 is 0 Å². The largest absolute Gasteiger partial charge is 0.494 e. The maximum absolute atomic E-state index is 5.59. The molecule has 0 atom stereocenters. The molecular weight excluding hydrogens is 430 g/mol. The molecule has 156 valence electrons. The number of hydrogen-bond acceptors (Lipinski definition) is 6. The third kappa shape index (κ3) is 5.81. The SMILES string of the molecule is C=Cc1cnc(Nc2ccc(N3CCN(C)CC3)cc2OC)nc1C(=C)Br.CC. The molecule has 1 aromatic carbocycles. The quantitative estimate of drug-likeness (QED) is 0.654. The first-order valence-electron chi connectivity index (χ1n) is 9.74. The summed E-state index contributed by atoms with van der Waals surface area (Å²) in [6.07, 6.45) is 3.42. The van der Waals surface area contributed by atoms with Crippen LogP contribution in [0.2, 0.25) is 0 Å². The van der Waals surface area contributed by atoms with Crippen molar-refractivity contribution in [2.45, 2.75) is 13.8 Å². The fraction of sp³-hybridized carbons (Fsp3) is 0.364. The van der Waals surface area contributed by atoms with Crippen molar-refractivity contribution in [2.24, 2.45) is 0 Å². The van der Waals surface area contributed by atoms with E-state index >= 15 is 0 Å². The minimum atomic E-state index is 0.474. The van der Waals surface area contributed by atoms with Crippen molar-refractivity contribution in [2.75, 3.05) is 50.6 Å². The molecule has 29 heavy (non-hydrogen) atoms. The molecule has 1 aromatic heterocycles. The smallest absolute Gasteiger partial charge is 0.227 e. The molecule has 7 heteroatoms. The van der Waals surface area contributed by atoms with Gasteiger partial charge in [0.15, 0.2) is 0 Å². The minimum absolute atomic E-state index is 0.474. The first kappa shape index (κ1) is 22.9. The number of halogens is 1. The van der Waals surface area contributed by atoms with Gasteiger partial charge >= 0.3 is 0 Å². The molecule has 0 radical (unpaired) electrons. The highest BCUT2D eigenvalue weighted by molar-refractivity contribution is 9.15. The van der Waals surface area contributed by atoms with Crippen LogP contribution in [-0.4, -0.2) is 55.2 Å². The summed E-state index contributed by atoms with van der Waals surface area (Å²) in [5, 5.41) is 3.24. The van der Waals surface area contributed by atoms with E-state index in [1.54, 1.807) is 19.4 Å². The fourth-order valence-corrected chi connectivity index (χ4v) is 3.30. The minimum Gasteiger partial charge on any atom is -0.494 e. The molecule has 0 aliphatic carbocycles. The van der Waals surface area contributed by atoms with E-state index in [4.69, 9.17) is 4.74 Å². The Kier molecular flexibility index (Phi) is 8.67. The molecule has 1 saturated heterocycles. The molecule has 2 aromatic rings. The first-order chi connectivity index (χ1) is 14.0. The Hall–Kier alpha value is -2.38. The molecule has 0 amide bonds. The predicted molar refractivity (Wildman–Crippen MR) is 127 cm³/mol. The number of benzene rings is 1. The second-order valence-corrected chi connectivity index (χ2v) is 7.36. The number of aromatic nitrogens is 2. The van der Waals surface area contributed by atoms with Crippen LogP contribution >= 0.6 is 15.9 Å². The Bertz CT molecular complexity index is 847. The number of hydrogen-bond donors (Lipinski definition) is 1. The monoisotopic (exact) mass is 459 g/mol. The summed E-state index contributed by atoms with van der Waals surface area (Å²) in [5.74, 6) is 1.23. The first-order valence-corrected chi connectivity index (χ1v) is 10.5. The second kappa shape index (κ2) is 11.0. The highest BCUT2D eigenvalue weighted by Gasteiger charge is 2.16. The summed E-state index contributed by atoms with van der Waals surface area (Å²) in [6.45, 7) is 15.8. The molecule has 1 fully saturated rings. The van der Waals surface area contributed by atoms with E-state index in [2.05, 4.69) is 73.4 Å². The Balaban J connectivity index is 0.00000145. The molecule has 3 rings (SSSR count). The molecule has 6 nitrogen and oxygen atoms in total. The van der Waals surface area contributed by atoms with Gasteiger partial charge in [-0.25, -0.2) is 9.97 Å². The maximum atomic E-state index is 5.59. The van der Waals surface area contributed by atoms with E-state index in [1.165, 1.54) is 0 Å². The number of nitrogens with zero attached hydrogens (tertiary/aromatic N) is 4. The maximum Gasteiger partial charge on any atom is 0.227 e. The number of piperazine rings is 1. The van der Waals surface area contributed by atoms with Crippen LogP contribution in [0.15, 0.2) is 37.6 Å². The van der Waals surface area contributed by atoms with Crippen LogP contribution in [-0.2, 0) is 0 Å². The Labute approximate surface area is 182 Å². The van der Waals surface area contributed by atoms with Crippen LogP contribution < -0.4 is 15.0 Å². The van der Waals surface area contributed by atoms with Crippen LogP contribution in [0.5, 0.6) is 5.75 Å². The highest BCUT2D eigenvalue weighted by atomic mass is 79.9. The van der Waals surface area contributed by atoms with Gasteiger partial charge in [-0.15, -0.1) is 0 Å². The van der Waals surface area contributed by atoms with Crippen LogP contribution in [0, 0.1) is 0 Å². The number of ether oxygens (including phenoxy) is 1. The van der Waals surface area contributed by atoms with Crippen molar-refractivity contribution in [3.05, 3.63) is 48.8 Å². The molecule has 0 saturated carbocycles.